The molecule has 2 atom stereocenters. The summed E-state index contributed by atoms with van der Waals surface area (Å²) in [5, 5.41) is 3.13. The predicted octanol–water partition coefficient (Wildman–Crippen LogP) is 1.61. The third-order valence-electron chi connectivity index (χ3n) is 7.18. The fourth-order valence-corrected chi connectivity index (χ4v) is 4.86. The lowest BCUT2D eigenvalue weighted by atomic mass is 9.64. The molecule has 130 valence electrons. The van der Waals surface area contributed by atoms with Crippen molar-refractivity contribution in [3.63, 3.8) is 0 Å². The Morgan fingerprint density at radius 1 is 1.22 bits per heavy atom. The molecule has 0 unspecified atom stereocenters. The second kappa shape index (κ2) is 5.85. The van der Waals surface area contributed by atoms with Crippen molar-refractivity contribution in [3.8, 4) is 0 Å². The Hall–Kier alpha value is -0.940. The van der Waals surface area contributed by atoms with E-state index in [2.05, 4.69) is 31.0 Å². The lowest BCUT2D eigenvalue weighted by molar-refractivity contribution is -0.136. The number of carbonyl (C=O) groups excluding carboxylic acids is 2. The molecular weight excluding hydrogens is 292 g/mol. The van der Waals surface area contributed by atoms with E-state index in [4.69, 9.17) is 4.74 Å². The highest BCUT2D eigenvalue weighted by atomic mass is 16.5. The average molecular weight is 322 g/mol. The van der Waals surface area contributed by atoms with Gasteiger partial charge < -0.3 is 10.1 Å². The van der Waals surface area contributed by atoms with Gasteiger partial charge in [-0.3, -0.25) is 14.5 Å². The SMILES string of the molecule is CC1(C)[C@]2(C(=O)NCCCN3CCOCC3)CC[C@]1(C)C(=O)C2. The van der Waals surface area contributed by atoms with Crippen molar-refractivity contribution in [2.75, 3.05) is 39.4 Å². The standard InChI is InChI=1S/C18H30N2O3/c1-16(2)17(3)5-6-18(16,13-14(17)21)15(22)19-7-4-8-20-9-11-23-12-10-20/h4-13H2,1-3H3,(H,19,22)/t17-,18-/m1/s1. The second-order valence-corrected chi connectivity index (χ2v) is 8.20. The first-order valence-electron chi connectivity index (χ1n) is 8.95. The molecule has 0 aromatic carbocycles. The quantitative estimate of drug-likeness (QED) is 0.781. The molecule has 2 saturated carbocycles. The Bertz CT molecular complexity index is 498. The largest absolute Gasteiger partial charge is 0.379 e. The molecule has 0 aromatic rings. The van der Waals surface area contributed by atoms with E-state index in [1.54, 1.807) is 0 Å². The molecule has 23 heavy (non-hydrogen) atoms. The van der Waals surface area contributed by atoms with Crippen LogP contribution in [0.25, 0.3) is 0 Å². The number of amides is 1. The molecule has 1 N–H and O–H groups in total. The molecule has 0 spiro atoms. The van der Waals surface area contributed by atoms with Gasteiger partial charge in [0.15, 0.2) is 0 Å². The van der Waals surface area contributed by atoms with E-state index in [1.807, 2.05) is 0 Å². The lowest BCUT2D eigenvalue weighted by Crippen LogP contribution is -2.47. The van der Waals surface area contributed by atoms with E-state index in [9.17, 15) is 9.59 Å². The Morgan fingerprint density at radius 2 is 1.91 bits per heavy atom. The monoisotopic (exact) mass is 322 g/mol. The number of hydrogen-bond donors (Lipinski definition) is 1. The minimum absolute atomic E-state index is 0.0963. The number of Topliss-reactive ketones (excluding diaryl/α,β-unsaturated/α-hetero) is 1. The van der Waals surface area contributed by atoms with E-state index in [-0.39, 0.29) is 22.5 Å². The highest BCUT2D eigenvalue weighted by molar-refractivity contribution is 5.99. The fraction of sp³-hybridized carbons (Fsp3) is 0.889. The molecule has 3 aliphatic rings. The van der Waals surface area contributed by atoms with Gasteiger partial charge in [-0.25, -0.2) is 0 Å². The second-order valence-electron chi connectivity index (χ2n) is 8.20. The van der Waals surface area contributed by atoms with E-state index in [1.165, 1.54) is 0 Å². The van der Waals surface area contributed by atoms with Crippen LogP contribution in [0.3, 0.4) is 0 Å². The number of hydrogen-bond acceptors (Lipinski definition) is 4. The first-order valence-corrected chi connectivity index (χ1v) is 8.95. The Morgan fingerprint density at radius 3 is 2.48 bits per heavy atom. The molecule has 1 saturated heterocycles. The molecule has 3 fully saturated rings. The molecule has 1 aliphatic heterocycles. The lowest BCUT2D eigenvalue weighted by Gasteiger charge is -2.38. The van der Waals surface area contributed by atoms with Gasteiger partial charge in [0.1, 0.15) is 5.78 Å². The van der Waals surface area contributed by atoms with E-state index >= 15 is 0 Å². The summed E-state index contributed by atoms with van der Waals surface area (Å²) in [6.07, 6.45) is 3.07. The zero-order chi connectivity index (χ0) is 16.7. The van der Waals surface area contributed by atoms with Crippen LogP contribution in [-0.2, 0) is 14.3 Å². The maximum absolute atomic E-state index is 12.9. The molecule has 2 bridgehead atoms. The summed E-state index contributed by atoms with van der Waals surface area (Å²) in [5.41, 5.74) is -1.05. The van der Waals surface area contributed by atoms with Gasteiger partial charge in [-0.2, -0.15) is 0 Å². The van der Waals surface area contributed by atoms with Crippen molar-refractivity contribution in [2.45, 2.75) is 46.5 Å². The smallest absolute Gasteiger partial charge is 0.227 e. The number of nitrogens with zero attached hydrogens (tertiary/aromatic N) is 1. The topological polar surface area (TPSA) is 58.6 Å². The summed E-state index contributed by atoms with van der Waals surface area (Å²) in [4.78, 5) is 27.7. The van der Waals surface area contributed by atoms with Crippen LogP contribution in [0.4, 0.5) is 0 Å². The van der Waals surface area contributed by atoms with Gasteiger partial charge in [0.25, 0.3) is 0 Å². The molecule has 1 amide bonds. The number of carbonyl (C=O) groups is 2. The number of morpholine rings is 1. The van der Waals surface area contributed by atoms with Crippen LogP contribution in [0.1, 0.15) is 46.5 Å². The first kappa shape index (κ1) is 16.9. The minimum Gasteiger partial charge on any atom is -0.379 e. The molecule has 3 rings (SSSR count). The summed E-state index contributed by atoms with van der Waals surface area (Å²) in [6.45, 7) is 11.5. The maximum Gasteiger partial charge on any atom is 0.227 e. The molecule has 2 aliphatic carbocycles. The number of fused-ring (bicyclic) bond motifs is 2. The third kappa shape index (κ3) is 2.43. The van der Waals surface area contributed by atoms with Crippen LogP contribution in [0.2, 0.25) is 0 Å². The Kier molecular flexibility index (Phi) is 4.30. The van der Waals surface area contributed by atoms with Crippen LogP contribution in [-0.4, -0.2) is 56.0 Å². The summed E-state index contributed by atoms with van der Waals surface area (Å²) in [7, 11) is 0. The van der Waals surface area contributed by atoms with Crippen LogP contribution >= 0.6 is 0 Å². The first-order chi connectivity index (χ1) is 10.8. The predicted molar refractivity (Wildman–Crippen MR) is 88.1 cm³/mol. The zero-order valence-corrected chi connectivity index (χ0v) is 14.7. The number of rotatable bonds is 5. The molecule has 5 heteroatoms. The minimum atomic E-state index is -0.488. The Labute approximate surface area is 139 Å². The van der Waals surface area contributed by atoms with Gasteiger partial charge in [0.2, 0.25) is 5.91 Å². The van der Waals surface area contributed by atoms with Crippen LogP contribution in [0.15, 0.2) is 0 Å². The van der Waals surface area contributed by atoms with Gasteiger partial charge in [-0.1, -0.05) is 20.8 Å². The van der Waals surface area contributed by atoms with Crippen molar-refractivity contribution >= 4 is 11.7 Å². The zero-order valence-electron chi connectivity index (χ0n) is 14.7. The van der Waals surface area contributed by atoms with Crippen molar-refractivity contribution in [3.05, 3.63) is 0 Å². The van der Waals surface area contributed by atoms with E-state index in [0.717, 1.165) is 52.1 Å². The summed E-state index contributed by atoms with van der Waals surface area (Å²) in [6, 6.07) is 0. The van der Waals surface area contributed by atoms with Crippen molar-refractivity contribution in [1.82, 2.24) is 10.2 Å². The van der Waals surface area contributed by atoms with Gasteiger partial charge >= 0.3 is 0 Å². The van der Waals surface area contributed by atoms with Gasteiger partial charge in [-0.05, 0) is 31.2 Å². The summed E-state index contributed by atoms with van der Waals surface area (Å²) < 4.78 is 5.34. The molecule has 5 nitrogen and oxygen atoms in total. The molecule has 0 aromatic heterocycles. The van der Waals surface area contributed by atoms with Crippen molar-refractivity contribution in [2.24, 2.45) is 16.2 Å². The average Bonchev–Trinajstić information content (AvgIpc) is 2.83. The van der Waals surface area contributed by atoms with Gasteiger partial charge in [0, 0.05) is 31.5 Å². The maximum atomic E-state index is 12.9. The molecular formula is C18H30N2O3. The van der Waals surface area contributed by atoms with Crippen molar-refractivity contribution in [1.29, 1.82) is 0 Å². The van der Waals surface area contributed by atoms with Crippen LogP contribution < -0.4 is 5.32 Å². The van der Waals surface area contributed by atoms with Crippen LogP contribution in [0, 0.1) is 16.2 Å². The number of ether oxygens (including phenoxy) is 1. The van der Waals surface area contributed by atoms with Crippen molar-refractivity contribution < 1.29 is 14.3 Å². The molecule has 0 radical (unpaired) electrons. The summed E-state index contributed by atoms with van der Waals surface area (Å²) >= 11 is 0. The van der Waals surface area contributed by atoms with Gasteiger partial charge in [-0.15, -0.1) is 0 Å². The number of nitrogens with one attached hydrogen (secondary N) is 1. The van der Waals surface area contributed by atoms with Crippen LogP contribution in [0.5, 0.6) is 0 Å². The highest BCUT2D eigenvalue weighted by Crippen LogP contribution is 2.70. The van der Waals surface area contributed by atoms with E-state index < -0.39 is 5.41 Å². The Balaban J connectivity index is 1.53. The summed E-state index contributed by atoms with van der Waals surface area (Å²) in [5.74, 6) is 0.372. The molecule has 1 heterocycles. The third-order valence-corrected chi connectivity index (χ3v) is 7.18. The van der Waals surface area contributed by atoms with E-state index in [0.29, 0.717) is 13.0 Å². The number of ketones is 1. The highest BCUT2D eigenvalue weighted by Gasteiger charge is 2.72. The normalized spacial score (nSPS) is 36.4. The fourth-order valence-electron chi connectivity index (χ4n) is 4.86. The van der Waals surface area contributed by atoms with Gasteiger partial charge in [0.05, 0.1) is 18.6 Å².